The average molecular weight is 492 g/mol. The number of rotatable bonds is 2. The van der Waals surface area contributed by atoms with E-state index in [1.54, 1.807) is 6.07 Å². The summed E-state index contributed by atoms with van der Waals surface area (Å²) < 4.78 is 6.70. The Bertz CT molecular complexity index is 1680. The quantitative estimate of drug-likeness (QED) is 0.361. The Morgan fingerprint density at radius 1 is 1.08 bits per heavy atom. The summed E-state index contributed by atoms with van der Waals surface area (Å²) >= 11 is 0. The van der Waals surface area contributed by atoms with Gasteiger partial charge in [-0.2, -0.15) is 0 Å². The summed E-state index contributed by atoms with van der Waals surface area (Å²) in [6, 6.07) is 16.2. The highest BCUT2D eigenvalue weighted by molar-refractivity contribution is 6.09. The molecule has 6 heteroatoms. The van der Waals surface area contributed by atoms with Crippen molar-refractivity contribution in [3.05, 3.63) is 70.9 Å². The zero-order chi connectivity index (χ0) is 24.7. The minimum absolute atomic E-state index is 0.0178. The van der Waals surface area contributed by atoms with Crippen LogP contribution in [0.25, 0.3) is 21.7 Å². The van der Waals surface area contributed by atoms with Gasteiger partial charge in [0.05, 0.1) is 22.2 Å². The number of benzene rings is 3. The minimum Gasteiger partial charge on any atom is -0.504 e. The SMILES string of the molecule is Nc1c2c(nc3c1ccc1ccccc13)[C@@H]1Oc3c(O)ccc4c3[C@@]13CCN(CC1CC1)[C@H](C4)[C@]3(O)C2. The Labute approximate surface area is 214 Å². The Morgan fingerprint density at radius 3 is 2.81 bits per heavy atom. The lowest BCUT2D eigenvalue weighted by molar-refractivity contribution is -0.173. The molecule has 3 aromatic carbocycles. The third-order valence-electron chi connectivity index (χ3n) is 10.3. The van der Waals surface area contributed by atoms with Crippen molar-refractivity contribution in [1.82, 2.24) is 9.88 Å². The second-order valence-electron chi connectivity index (χ2n) is 12.0. The van der Waals surface area contributed by atoms with E-state index >= 15 is 0 Å². The van der Waals surface area contributed by atoms with E-state index < -0.39 is 17.1 Å². The number of ether oxygens (including phenoxy) is 1. The van der Waals surface area contributed by atoms with Crippen LogP contribution in [-0.4, -0.2) is 44.8 Å². The molecule has 0 unspecified atom stereocenters. The van der Waals surface area contributed by atoms with Gasteiger partial charge in [-0.15, -0.1) is 0 Å². The summed E-state index contributed by atoms with van der Waals surface area (Å²) in [7, 11) is 0. The molecule has 4 aromatic rings. The molecule has 1 aromatic heterocycles. The maximum atomic E-state index is 12.9. The molecule has 6 nitrogen and oxygen atoms in total. The number of hydrogen-bond acceptors (Lipinski definition) is 6. The minimum atomic E-state index is -1.05. The number of fused-ring (bicyclic) bond motifs is 5. The van der Waals surface area contributed by atoms with Crippen LogP contribution in [0.4, 0.5) is 5.69 Å². The molecule has 37 heavy (non-hydrogen) atoms. The molecular formula is C31H29N3O3. The highest BCUT2D eigenvalue weighted by Gasteiger charge is 2.73. The first-order chi connectivity index (χ1) is 18.0. The molecule has 3 aliphatic carbocycles. The van der Waals surface area contributed by atoms with Crippen LogP contribution < -0.4 is 10.5 Å². The molecule has 4 N–H and O–H groups in total. The largest absolute Gasteiger partial charge is 0.504 e. The second kappa shape index (κ2) is 6.55. The Morgan fingerprint density at radius 2 is 1.95 bits per heavy atom. The van der Waals surface area contributed by atoms with Crippen molar-refractivity contribution in [3.8, 4) is 11.5 Å². The second-order valence-corrected chi connectivity index (χ2v) is 12.0. The molecule has 5 aliphatic rings. The normalized spacial score (nSPS) is 31.3. The van der Waals surface area contributed by atoms with Gasteiger partial charge in [0, 0.05) is 46.6 Å². The van der Waals surface area contributed by atoms with E-state index in [4.69, 9.17) is 15.5 Å². The predicted octanol–water partition coefficient (Wildman–Crippen LogP) is 4.37. The molecule has 2 fully saturated rings. The maximum absolute atomic E-state index is 12.9. The van der Waals surface area contributed by atoms with Crippen molar-refractivity contribution in [3.63, 3.8) is 0 Å². The number of pyridine rings is 1. The third kappa shape index (κ3) is 2.33. The molecular weight excluding hydrogens is 462 g/mol. The fraction of sp³-hybridized carbons (Fsp3) is 0.387. The first-order valence-electron chi connectivity index (χ1n) is 13.6. The van der Waals surface area contributed by atoms with Gasteiger partial charge in [-0.25, -0.2) is 4.98 Å². The number of hydrogen-bond donors (Lipinski definition) is 3. The van der Waals surface area contributed by atoms with E-state index in [2.05, 4.69) is 29.2 Å². The van der Waals surface area contributed by atoms with E-state index in [1.807, 2.05) is 18.2 Å². The number of nitrogen functional groups attached to an aromatic ring is 1. The number of nitrogens with zero attached hydrogens (tertiary/aromatic N) is 2. The van der Waals surface area contributed by atoms with Crippen molar-refractivity contribution in [2.45, 2.75) is 55.3 Å². The average Bonchev–Trinajstić information content (AvgIpc) is 3.64. The summed E-state index contributed by atoms with van der Waals surface area (Å²) in [5, 5.41) is 27.0. The van der Waals surface area contributed by atoms with Gasteiger partial charge >= 0.3 is 0 Å². The van der Waals surface area contributed by atoms with Gasteiger partial charge in [-0.05, 0) is 55.2 Å². The smallest absolute Gasteiger partial charge is 0.166 e. The molecule has 4 atom stereocenters. The predicted molar refractivity (Wildman–Crippen MR) is 142 cm³/mol. The molecule has 2 aliphatic heterocycles. The maximum Gasteiger partial charge on any atom is 0.166 e. The lowest BCUT2D eigenvalue weighted by atomic mass is 9.48. The summed E-state index contributed by atoms with van der Waals surface area (Å²) in [5.74, 6) is 1.41. The Hall–Kier alpha value is -3.35. The topological polar surface area (TPSA) is 91.8 Å². The van der Waals surface area contributed by atoms with Gasteiger partial charge in [0.1, 0.15) is 0 Å². The lowest BCUT2D eigenvalue weighted by Crippen LogP contribution is -2.74. The first kappa shape index (κ1) is 20.7. The summed E-state index contributed by atoms with van der Waals surface area (Å²) in [6.45, 7) is 1.96. The van der Waals surface area contributed by atoms with Crippen LogP contribution in [0, 0.1) is 5.92 Å². The van der Waals surface area contributed by atoms with Gasteiger partial charge in [0.15, 0.2) is 17.6 Å². The number of aromatic nitrogens is 1. The molecule has 186 valence electrons. The van der Waals surface area contributed by atoms with E-state index in [9.17, 15) is 10.2 Å². The van der Waals surface area contributed by atoms with Crippen LogP contribution in [0.5, 0.6) is 11.5 Å². The molecule has 1 spiro atoms. The fourth-order valence-electron chi connectivity index (χ4n) is 8.41. The van der Waals surface area contributed by atoms with Gasteiger partial charge in [0.25, 0.3) is 0 Å². The van der Waals surface area contributed by atoms with Crippen molar-refractivity contribution < 1.29 is 14.9 Å². The van der Waals surface area contributed by atoms with Crippen LogP contribution in [-0.2, 0) is 18.3 Å². The number of phenols is 1. The van der Waals surface area contributed by atoms with E-state index in [0.29, 0.717) is 17.9 Å². The fourth-order valence-corrected chi connectivity index (χ4v) is 8.41. The lowest BCUT2D eigenvalue weighted by Gasteiger charge is -2.63. The Kier molecular flexibility index (Phi) is 3.66. The Balaban J connectivity index is 1.35. The number of piperidine rings is 1. The molecule has 3 heterocycles. The van der Waals surface area contributed by atoms with Crippen LogP contribution in [0.2, 0.25) is 0 Å². The van der Waals surface area contributed by atoms with Crippen LogP contribution in [0.1, 0.15) is 47.8 Å². The molecule has 2 bridgehead atoms. The number of anilines is 1. The molecule has 0 radical (unpaired) electrons. The van der Waals surface area contributed by atoms with Crippen molar-refractivity contribution in [2.24, 2.45) is 5.92 Å². The zero-order valence-corrected chi connectivity index (χ0v) is 20.6. The van der Waals surface area contributed by atoms with E-state index in [-0.39, 0.29) is 11.8 Å². The monoisotopic (exact) mass is 491 g/mol. The van der Waals surface area contributed by atoms with Crippen LogP contribution in [0.15, 0.2) is 48.5 Å². The molecule has 9 rings (SSSR count). The zero-order valence-electron chi connectivity index (χ0n) is 20.6. The first-order valence-corrected chi connectivity index (χ1v) is 13.6. The van der Waals surface area contributed by atoms with Gasteiger partial charge in [0.2, 0.25) is 0 Å². The number of phenolic OH excluding ortho intramolecular Hbond substituents is 1. The number of likely N-dealkylation sites (tertiary alicyclic amines) is 1. The summed E-state index contributed by atoms with van der Waals surface area (Å²) in [4.78, 5) is 7.83. The highest BCUT2D eigenvalue weighted by Crippen LogP contribution is 2.69. The van der Waals surface area contributed by atoms with Crippen molar-refractivity contribution >= 4 is 27.4 Å². The summed E-state index contributed by atoms with van der Waals surface area (Å²) in [5.41, 5.74) is 10.7. The number of aliphatic hydroxyl groups is 1. The van der Waals surface area contributed by atoms with Gasteiger partial charge < -0.3 is 20.7 Å². The highest BCUT2D eigenvalue weighted by atomic mass is 16.5. The number of nitrogens with two attached hydrogens (primary N) is 1. The van der Waals surface area contributed by atoms with E-state index in [0.717, 1.165) is 70.3 Å². The molecule has 1 saturated heterocycles. The van der Waals surface area contributed by atoms with Gasteiger partial charge in [-0.3, -0.25) is 4.90 Å². The van der Waals surface area contributed by atoms with Crippen LogP contribution in [0.3, 0.4) is 0 Å². The van der Waals surface area contributed by atoms with Crippen LogP contribution >= 0.6 is 0 Å². The number of aromatic hydroxyl groups is 1. The van der Waals surface area contributed by atoms with Crippen molar-refractivity contribution in [2.75, 3.05) is 18.8 Å². The third-order valence-corrected chi connectivity index (χ3v) is 10.3. The summed E-state index contributed by atoms with van der Waals surface area (Å²) in [6.07, 6.45) is 4.06. The molecule has 1 saturated carbocycles. The standard InChI is InChI=1S/C31H29N3O3/c32-25-20-9-7-17-3-1-2-4-19(17)26(20)33-27-21(25)14-31(36)23-13-18-8-10-22(35)28-24(18)30(31,29(27)37-28)11-12-34(23)15-16-5-6-16/h1-4,7-10,16,23,29,35-36H,5-6,11-15H2,(H2,32,33)/t23-,29+,30+,31-/m1/s1. The molecule has 0 amide bonds. The van der Waals surface area contributed by atoms with Crippen molar-refractivity contribution in [1.29, 1.82) is 0 Å². The van der Waals surface area contributed by atoms with Gasteiger partial charge in [-0.1, -0.05) is 42.5 Å². The van der Waals surface area contributed by atoms with E-state index in [1.165, 1.54) is 18.4 Å².